The molecule has 2 aliphatic heterocycles. The molecule has 3 nitrogen and oxygen atoms in total. The molecule has 0 amide bonds. The van der Waals surface area contributed by atoms with E-state index in [0.29, 0.717) is 5.41 Å². The summed E-state index contributed by atoms with van der Waals surface area (Å²) in [5.74, 6) is 0.960. The van der Waals surface area contributed by atoms with Crippen molar-refractivity contribution in [3.63, 3.8) is 0 Å². The van der Waals surface area contributed by atoms with Crippen LogP contribution in [0.2, 0.25) is 0 Å². The van der Waals surface area contributed by atoms with E-state index < -0.39 is 0 Å². The van der Waals surface area contributed by atoms with Crippen molar-refractivity contribution in [2.24, 2.45) is 11.3 Å². The molecule has 0 atom stereocenters. The summed E-state index contributed by atoms with van der Waals surface area (Å²) in [7, 11) is 2.06. The highest BCUT2D eigenvalue weighted by Gasteiger charge is 2.26. The molecule has 2 fully saturated rings. The summed E-state index contributed by atoms with van der Waals surface area (Å²) >= 11 is 0. The third kappa shape index (κ3) is 5.05. The van der Waals surface area contributed by atoms with Crippen LogP contribution in [0.5, 0.6) is 0 Å². The Morgan fingerprint density at radius 3 is 2.21 bits per heavy atom. The number of nitrogens with one attached hydrogen (secondary N) is 1. The first kappa shape index (κ1) is 15.3. The predicted molar refractivity (Wildman–Crippen MR) is 82.5 cm³/mol. The molecule has 2 rings (SSSR count). The zero-order chi connectivity index (χ0) is 13.7. The molecular weight excluding hydrogens is 234 g/mol. The number of hydrogen-bond donors (Lipinski definition) is 1. The molecule has 0 unspecified atom stereocenters. The standard InChI is InChI=1S/C16H33N3/c1-16(2,13-17-3)14-19-10-6-15(7-11-19)12-18-8-4-5-9-18/h15,17H,4-14H2,1-3H3. The van der Waals surface area contributed by atoms with Crippen molar-refractivity contribution in [2.75, 3.05) is 52.9 Å². The molecule has 2 saturated heterocycles. The van der Waals surface area contributed by atoms with Crippen LogP contribution in [0.3, 0.4) is 0 Å². The number of likely N-dealkylation sites (tertiary alicyclic amines) is 2. The third-order valence-corrected chi connectivity index (χ3v) is 4.73. The van der Waals surface area contributed by atoms with E-state index in [9.17, 15) is 0 Å². The van der Waals surface area contributed by atoms with Crippen LogP contribution in [0.1, 0.15) is 39.5 Å². The van der Waals surface area contributed by atoms with Gasteiger partial charge in [0.2, 0.25) is 0 Å². The van der Waals surface area contributed by atoms with Gasteiger partial charge in [-0.3, -0.25) is 0 Å². The Bertz CT molecular complexity index is 251. The largest absolute Gasteiger partial charge is 0.319 e. The van der Waals surface area contributed by atoms with Crippen LogP contribution >= 0.6 is 0 Å². The monoisotopic (exact) mass is 267 g/mol. The van der Waals surface area contributed by atoms with Gasteiger partial charge in [-0.2, -0.15) is 0 Å². The Labute approximate surface area is 119 Å². The van der Waals surface area contributed by atoms with E-state index in [-0.39, 0.29) is 0 Å². The topological polar surface area (TPSA) is 18.5 Å². The van der Waals surface area contributed by atoms with Gasteiger partial charge in [-0.15, -0.1) is 0 Å². The Kier molecular flexibility index (Phi) is 5.67. The molecule has 19 heavy (non-hydrogen) atoms. The van der Waals surface area contributed by atoms with E-state index in [1.165, 1.54) is 65.0 Å². The van der Waals surface area contributed by atoms with Gasteiger partial charge < -0.3 is 15.1 Å². The van der Waals surface area contributed by atoms with E-state index >= 15 is 0 Å². The molecule has 1 N–H and O–H groups in total. The molecule has 0 bridgehead atoms. The minimum atomic E-state index is 0.399. The van der Waals surface area contributed by atoms with Gasteiger partial charge in [0.25, 0.3) is 0 Å². The summed E-state index contributed by atoms with van der Waals surface area (Å²) in [5, 5.41) is 3.32. The fourth-order valence-electron chi connectivity index (χ4n) is 3.80. The molecule has 2 heterocycles. The second kappa shape index (κ2) is 7.05. The Hall–Kier alpha value is -0.120. The molecule has 112 valence electrons. The van der Waals surface area contributed by atoms with E-state index in [4.69, 9.17) is 0 Å². The van der Waals surface area contributed by atoms with Crippen LogP contribution in [0.15, 0.2) is 0 Å². The molecule has 0 aromatic rings. The zero-order valence-electron chi connectivity index (χ0n) is 13.2. The molecule has 0 saturated carbocycles. The first-order valence-electron chi connectivity index (χ1n) is 8.18. The zero-order valence-corrected chi connectivity index (χ0v) is 13.2. The molecule has 0 radical (unpaired) electrons. The summed E-state index contributed by atoms with van der Waals surface area (Å²) in [6.45, 7) is 13.8. The van der Waals surface area contributed by atoms with Gasteiger partial charge >= 0.3 is 0 Å². The molecule has 0 aromatic carbocycles. The summed E-state index contributed by atoms with van der Waals surface area (Å²) in [6, 6.07) is 0. The molecular formula is C16H33N3. The van der Waals surface area contributed by atoms with Crippen LogP contribution in [-0.2, 0) is 0 Å². The number of hydrogen-bond acceptors (Lipinski definition) is 3. The molecule has 3 heteroatoms. The maximum Gasteiger partial charge on any atom is 0.00448 e. The van der Waals surface area contributed by atoms with E-state index in [2.05, 4.69) is 36.0 Å². The number of piperidine rings is 1. The minimum Gasteiger partial charge on any atom is -0.319 e. The van der Waals surface area contributed by atoms with Gasteiger partial charge in [-0.05, 0) is 70.2 Å². The second-order valence-electron chi connectivity index (χ2n) is 7.42. The highest BCUT2D eigenvalue weighted by molar-refractivity contribution is 4.81. The van der Waals surface area contributed by atoms with Crippen LogP contribution in [0, 0.1) is 11.3 Å². The van der Waals surface area contributed by atoms with Gasteiger partial charge in [0.1, 0.15) is 0 Å². The summed E-state index contributed by atoms with van der Waals surface area (Å²) in [5.41, 5.74) is 0.399. The summed E-state index contributed by atoms with van der Waals surface area (Å²) in [6.07, 6.45) is 5.67. The number of nitrogens with zero attached hydrogens (tertiary/aromatic N) is 2. The molecule has 0 spiro atoms. The lowest BCUT2D eigenvalue weighted by molar-refractivity contribution is 0.114. The maximum atomic E-state index is 3.32. The summed E-state index contributed by atoms with van der Waals surface area (Å²) in [4.78, 5) is 5.36. The first-order chi connectivity index (χ1) is 9.09. The van der Waals surface area contributed by atoms with Gasteiger partial charge in [-0.25, -0.2) is 0 Å². The molecule has 0 aromatic heterocycles. The van der Waals surface area contributed by atoms with Crippen molar-refractivity contribution < 1.29 is 0 Å². The SMILES string of the molecule is CNCC(C)(C)CN1CCC(CN2CCCC2)CC1. The van der Waals surface area contributed by atoms with E-state index in [1.54, 1.807) is 0 Å². The normalized spacial score (nSPS) is 24.2. The quantitative estimate of drug-likeness (QED) is 0.794. The maximum absolute atomic E-state index is 3.32. The lowest BCUT2D eigenvalue weighted by Gasteiger charge is -2.38. The van der Waals surface area contributed by atoms with Gasteiger partial charge in [0, 0.05) is 19.6 Å². The average Bonchev–Trinajstić information content (AvgIpc) is 2.84. The summed E-state index contributed by atoms with van der Waals surface area (Å²) < 4.78 is 0. The van der Waals surface area contributed by atoms with Crippen molar-refractivity contribution >= 4 is 0 Å². The molecule has 2 aliphatic rings. The van der Waals surface area contributed by atoms with Crippen LogP contribution < -0.4 is 5.32 Å². The van der Waals surface area contributed by atoms with Crippen molar-refractivity contribution in [3.8, 4) is 0 Å². The Balaban J connectivity index is 1.67. The second-order valence-corrected chi connectivity index (χ2v) is 7.42. The van der Waals surface area contributed by atoms with Crippen LogP contribution in [0.4, 0.5) is 0 Å². The average molecular weight is 267 g/mol. The smallest absolute Gasteiger partial charge is 0.00448 e. The number of rotatable bonds is 6. The van der Waals surface area contributed by atoms with Gasteiger partial charge in [-0.1, -0.05) is 13.8 Å². The highest BCUT2D eigenvalue weighted by atomic mass is 15.2. The lowest BCUT2D eigenvalue weighted by atomic mass is 9.90. The predicted octanol–water partition coefficient (Wildman–Crippen LogP) is 2.04. The van der Waals surface area contributed by atoms with Crippen molar-refractivity contribution in [3.05, 3.63) is 0 Å². The Morgan fingerprint density at radius 1 is 1.00 bits per heavy atom. The third-order valence-electron chi connectivity index (χ3n) is 4.73. The van der Waals surface area contributed by atoms with Crippen molar-refractivity contribution in [2.45, 2.75) is 39.5 Å². The Morgan fingerprint density at radius 2 is 1.63 bits per heavy atom. The minimum absolute atomic E-state index is 0.399. The van der Waals surface area contributed by atoms with Crippen molar-refractivity contribution in [1.29, 1.82) is 0 Å². The van der Waals surface area contributed by atoms with Crippen molar-refractivity contribution in [1.82, 2.24) is 15.1 Å². The van der Waals surface area contributed by atoms with E-state index in [0.717, 1.165) is 12.5 Å². The fourth-order valence-corrected chi connectivity index (χ4v) is 3.80. The highest BCUT2D eigenvalue weighted by Crippen LogP contribution is 2.23. The lowest BCUT2D eigenvalue weighted by Crippen LogP contribution is -2.44. The molecule has 0 aliphatic carbocycles. The fraction of sp³-hybridized carbons (Fsp3) is 1.00. The van der Waals surface area contributed by atoms with E-state index in [1.807, 2.05) is 0 Å². The van der Waals surface area contributed by atoms with Crippen LogP contribution in [-0.4, -0.2) is 62.7 Å². The van der Waals surface area contributed by atoms with Gasteiger partial charge in [0.15, 0.2) is 0 Å². The van der Waals surface area contributed by atoms with Gasteiger partial charge in [0.05, 0.1) is 0 Å². The first-order valence-corrected chi connectivity index (χ1v) is 8.18. The van der Waals surface area contributed by atoms with Crippen LogP contribution in [0.25, 0.3) is 0 Å².